The number of carbonyl (C=O) groups is 3. The van der Waals surface area contributed by atoms with Gasteiger partial charge in [-0.3, -0.25) is 9.59 Å². The number of hydrogen-bond acceptors (Lipinski definition) is 5. The van der Waals surface area contributed by atoms with E-state index in [2.05, 4.69) is 5.32 Å². The highest BCUT2D eigenvalue weighted by Gasteiger charge is 2.67. The Morgan fingerprint density at radius 1 is 1.19 bits per heavy atom. The molecule has 2 aromatic carbocycles. The minimum Gasteiger partial charge on any atom is -0.462 e. The lowest BCUT2D eigenvalue weighted by atomic mass is 9.76. The van der Waals surface area contributed by atoms with E-state index in [9.17, 15) is 14.4 Å². The Kier molecular flexibility index (Phi) is 4.63. The number of nitrogens with one attached hydrogen (secondary N) is 1. The van der Waals surface area contributed by atoms with Crippen molar-refractivity contribution >= 4 is 29.2 Å². The smallest absolute Gasteiger partial charge is 0.338 e. The van der Waals surface area contributed by atoms with Gasteiger partial charge in [0.05, 0.1) is 36.7 Å². The van der Waals surface area contributed by atoms with E-state index in [1.165, 1.54) is 0 Å². The summed E-state index contributed by atoms with van der Waals surface area (Å²) < 4.78 is 11.2. The molecule has 31 heavy (non-hydrogen) atoms. The maximum Gasteiger partial charge on any atom is 0.338 e. The van der Waals surface area contributed by atoms with E-state index in [1.54, 1.807) is 36.1 Å². The van der Waals surface area contributed by atoms with E-state index in [1.807, 2.05) is 42.5 Å². The molecule has 3 aliphatic heterocycles. The van der Waals surface area contributed by atoms with Crippen LogP contribution in [0.15, 0.2) is 66.7 Å². The molecule has 5 rings (SSSR count). The van der Waals surface area contributed by atoms with E-state index in [4.69, 9.17) is 9.47 Å². The molecule has 3 aliphatic rings. The summed E-state index contributed by atoms with van der Waals surface area (Å²) in [6, 6.07) is 16.0. The number of fused-ring (bicyclic) bond motifs is 1. The Hall–Kier alpha value is -3.45. The third kappa shape index (κ3) is 3.13. The Morgan fingerprint density at radius 3 is 2.77 bits per heavy atom. The fraction of sp³-hybridized carbons (Fsp3) is 0.292. The van der Waals surface area contributed by atoms with E-state index >= 15 is 0 Å². The number of rotatable bonds is 5. The molecule has 0 aromatic heterocycles. The van der Waals surface area contributed by atoms with Crippen molar-refractivity contribution in [1.82, 2.24) is 0 Å². The van der Waals surface area contributed by atoms with Gasteiger partial charge in [0.15, 0.2) is 0 Å². The molecule has 2 amide bonds. The monoisotopic (exact) mass is 418 g/mol. The molecular formula is C24H22N2O5. The molecule has 158 valence electrons. The van der Waals surface area contributed by atoms with Gasteiger partial charge in [-0.1, -0.05) is 36.4 Å². The molecule has 0 aliphatic carbocycles. The molecule has 1 N–H and O–H groups in total. The number of amides is 2. The fourth-order valence-corrected chi connectivity index (χ4v) is 4.79. The van der Waals surface area contributed by atoms with Crippen LogP contribution in [-0.4, -0.2) is 42.6 Å². The number of ether oxygens (including phenoxy) is 2. The average molecular weight is 418 g/mol. The predicted octanol–water partition coefficient (Wildman–Crippen LogP) is 2.79. The van der Waals surface area contributed by atoms with Crippen molar-refractivity contribution in [3.8, 4) is 0 Å². The van der Waals surface area contributed by atoms with E-state index in [-0.39, 0.29) is 18.4 Å². The largest absolute Gasteiger partial charge is 0.462 e. The van der Waals surface area contributed by atoms with Gasteiger partial charge in [-0.15, -0.1) is 0 Å². The quantitative estimate of drug-likeness (QED) is 0.596. The highest BCUT2D eigenvalue weighted by molar-refractivity contribution is 6.05. The average Bonchev–Trinajstić information content (AvgIpc) is 3.43. The van der Waals surface area contributed by atoms with Gasteiger partial charge in [0, 0.05) is 11.4 Å². The summed E-state index contributed by atoms with van der Waals surface area (Å²) in [5, 5.41) is 2.86. The van der Waals surface area contributed by atoms with Crippen LogP contribution in [0.25, 0.3) is 0 Å². The van der Waals surface area contributed by atoms with Gasteiger partial charge in [0.1, 0.15) is 5.60 Å². The van der Waals surface area contributed by atoms with Crippen LogP contribution < -0.4 is 10.2 Å². The van der Waals surface area contributed by atoms with Crippen LogP contribution in [0.3, 0.4) is 0 Å². The Balaban J connectivity index is 1.38. The van der Waals surface area contributed by atoms with Gasteiger partial charge in [0.2, 0.25) is 11.8 Å². The molecule has 0 unspecified atom stereocenters. The molecule has 1 spiro atoms. The zero-order valence-electron chi connectivity index (χ0n) is 17.0. The lowest BCUT2D eigenvalue weighted by molar-refractivity contribution is -0.128. The van der Waals surface area contributed by atoms with Crippen LogP contribution in [0.4, 0.5) is 11.4 Å². The summed E-state index contributed by atoms with van der Waals surface area (Å²) in [5.41, 5.74) is 0.832. The van der Waals surface area contributed by atoms with Crippen LogP contribution in [0.1, 0.15) is 17.3 Å². The summed E-state index contributed by atoms with van der Waals surface area (Å²) in [4.78, 5) is 40.2. The van der Waals surface area contributed by atoms with Crippen molar-refractivity contribution in [2.24, 2.45) is 11.8 Å². The zero-order valence-corrected chi connectivity index (χ0v) is 17.0. The summed E-state index contributed by atoms with van der Waals surface area (Å²) >= 11 is 0. The third-order valence-electron chi connectivity index (χ3n) is 6.11. The first-order valence-corrected chi connectivity index (χ1v) is 10.3. The van der Waals surface area contributed by atoms with E-state index in [0.29, 0.717) is 17.8 Å². The van der Waals surface area contributed by atoms with Crippen molar-refractivity contribution in [2.75, 3.05) is 23.4 Å². The number of carbonyl (C=O) groups excluding carboxylic acids is 3. The third-order valence-corrected chi connectivity index (χ3v) is 6.11. The maximum absolute atomic E-state index is 13.3. The molecule has 7 nitrogen and oxygen atoms in total. The standard InChI is InChI=1S/C24H22N2O5/c1-2-30-23(29)15-7-6-8-16(13-15)25-21(27)19-18-11-12-24(31-18)14-26(22(28)20(19)24)17-9-4-3-5-10-17/h3-13,18-20H,2,14H2,1H3,(H,25,27)/t18-,19+,20-,24-/m1/s1. The van der Waals surface area contributed by atoms with Crippen LogP contribution in [0, 0.1) is 11.8 Å². The molecule has 7 heteroatoms. The summed E-state index contributed by atoms with van der Waals surface area (Å²) in [6.45, 7) is 2.39. The first kappa shape index (κ1) is 19.5. The number of anilines is 2. The summed E-state index contributed by atoms with van der Waals surface area (Å²) in [7, 11) is 0. The molecule has 2 bridgehead atoms. The lowest BCUT2D eigenvalue weighted by Gasteiger charge is -2.23. The van der Waals surface area contributed by atoms with Crippen molar-refractivity contribution in [3.05, 3.63) is 72.3 Å². The van der Waals surface area contributed by atoms with Crippen LogP contribution in [0.5, 0.6) is 0 Å². The molecule has 2 fully saturated rings. The van der Waals surface area contributed by atoms with Crippen molar-refractivity contribution < 1.29 is 23.9 Å². The summed E-state index contributed by atoms with van der Waals surface area (Å²) in [5.74, 6) is -2.09. The highest BCUT2D eigenvalue weighted by atomic mass is 16.5. The Morgan fingerprint density at radius 2 is 2.00 bits per heavy atom. The van der Waals surface area contributed by atoms with Crippen molar-refractivity contribution in [3.63, 3.8) is 0 Å². The van der Waals surface area contributed by atoms with Crippen LogP contribution in [0.2, 0.25) is 0 Å². The second-order valence-electron chi connectivity index (χ2n) is 7.95. The number of esters is 1. The van der Waals surface area contributed by atoms with Gasteiger partial charge >= 0.3 is 5.97 Å². The topological polar surface area (TPSA) is 84.9 Å². The zero-order chi connectivity index (χ0) is 21.6. The highest BCUT2D eigenvalue weighted by Crippen LogP contribution is 2.52. The molecule has 2 aromatic rings. The minimum atomic E-state index is -0.785. The predicted molar refractivity (Wildman–Crippen MR) is 114 cm³/mol. The van der Waals surface area contributed by atoms with Gasteiger partial charge in [-0.25, -0.2) is 4.79 Å². The van der Waals surface area contributed by atoms with Gasteiger partial charge in [0.25, 0.3) is 0 Å². The molecular weight excluding hydrogens is 396 g/mol. The van der Waals surface area contributed by atoms with Gasteiger partial charge in [-0.05, 0) is 37.3 Å². The van der Waals surface area contributed by atoms with E-state index in [0.717, 1.165) is 5.69 Å². The number of nitrogens with zero attached hydrogens (tertiary/aromatic N) is 1. The number of hydrogen-bond donors (Lipinski definition) is 1. The fourth-order valence-electron chi connectivity index (χ4n) is 4.79. The van der Waals surface area contributed by atoms with Gasteiger partial charge in [-0.2, -0.15) is 0 Å². The Labute approximate surface area is 179 Å². The van der Waals surface area contributed by atoms with Crippen LogP contribution in [-0.2, 0) is 19.1 Å². The number of para-hydroxylation sites is 1. The molecule has 2 saturated heterocycles. The molecule has 0 saturated carbocycles. The lowest BCUT2D eigenvalue weighted by Crippen LogP contribution is -2.41. The SMILES string of the molecule is CCOC(=O)c1cccc(NC(=O)[C@H]2[C@H]3C=C[C@]4(CN(c5ccccc5)C(=O)[C@@H]24)O3)c1. The second kappa shape index (κ2) is 7.35. The molecule has 0 radical (unpaired) electrons. The van der Waals surface area contributed by atoms with E-state index < -0.39 is 29.5 Å². The second-order valence-corrected chi connectivity index (χ2v) is 7.95. The molecule has 3 heterocycles. The maximum atomic E-state index is 13.3. The minimum absolute atomic E-state index is 0.113. The van der Waals surface area contributed by atoms with Crippen molar-refractivity contribution in [1.29, 1.82) is 0 Å². The molecule has 4 atom stereocenters. The van der Waals surface area contributed by atoms with Gasteiger partial charge < -0.3 is 19.7 Å². The summed E-state index contributed by atoms with van der Waals surface area (Å²) in [6.07, 6.45) is 3.35. The first-order chi connectivity index (χ1) is 15.0. The normalized spacial score (nSPS) is 28.0. The Bertz CT molecular complexity index is 1080. The van der Waals surface area contributed by atoms with Crippen LogP contribution >= 0.6 is 0 Å². The number of benzene rings is 2. The van der Waals surface area contributed by atoms with Crippen molar-refractivity contribution in [2.45, 2.75) is 18.6 Å². The first-order valence-electron chi connectivity index (χ1n) is 10.3.